The molecule has 0 aliphatic carbocycles. The number of halogens is 4. The van der Waals surface area contributed by atoms with Crippen molar-refractivity contribution in [2.24, 2.45) is 11.8 Å². The number of fused-ring (bicyclic) bond motifs is 2. The van der Waals surface area contributed by atoms with Crippen molar-refractivity contribution in [2.75, 3.05) is 37.7 Å². The number of sulfone groups is 1. The maximum Gasteiger partial charge on any atom is 0.281 e. The summed E-state index contributed by atoms with van der Waals surface area (Å²) in [6, 6.07) is 40.4. The van der Waals surface area contributed by atoms with Crippen LogP contribution in [0.1, 0.15) is 87.5 Å². The maximum atomic E-state index is 14.6. The van der Waals surface area contributed by atoms with E-state index in [9.17, 15) is 43.0 Å². The molecule has 462 valence electrons. The Morgan fingerprint density at radius 2 is 1.16 bits per heavy atom. The van der Waals surface area contributed by atoms with Crippen LogP contribution in [0.4, 0.5) is 0 Å². The number of hydrogen-bond acceptors (Lipinski definition) is 11. The smallest absolute Gasteiger partial charge is 0.281 e. The third kappa shape index (κ3) is 16.5. The lowest BCUT2D eigenvalue weighted by Crippen LogP contribution is -2.58. The number of thioether (sulfide) groups is 1. The molecule has 4 aliphatic heterocycles. The van der Waals surface area contributed by atoms with Crippen molar-refractivity contribution in [3.05, 3.63) is 193 Å². The standard InChI is InChI=1S/C34H38Cl2N2O6S.C34H38Cl2N2O3S/c1-23-19-30-34(41)37(18-17-26(38(30,42)21-23)14-11-24-7-3-2-4-8-24)29(22-45(43,44)33-10-6-5-9-32(33)40)31(39)16-13-25-12-15-27(35)28(36)20-25;1-23-19-29-34(41)37(18-17-26(38(29)21-23)14-11-24-7-3-2-4-8-24)30(22-42-33-10-6-5-9-32(33)40)31(39)16-13-25-12-15-27(35)28(36)20-25/h2-10,12,15,20,23,26,29-30,40H,11,13-14,16-19,21-22H2,1H3;2-10,12,15,20,23,26,29-30,40H,11,13-14,16-19,21-22H2,1H3/t23-,26?,29-,30+,38?;23-,26?,29+,30-/m11/s1. The second kappa shape index (κ2) is 29.9. The Morgan fingerprint density at radius 3 is 1.76 bits per heavy atom. The third-order valence-electron chi connectivity index (χ3n) is 17.8. The third-order valence-corrected chi connectivity index (χ3v) is 22.2. The van der Waals surface area contributed by atoms with E-state index in [-0.39, 0.29) is 72.2 Å². The van der Waals surface area contributed by atoms with Gasteiger partial charge in [-0.15, -0.1) is 11.8 Å². The fraction of sp³-hybridized carbons (Fsp3) is 0.412. The van der Waals surface area contributed by atoms with E-state index in [1.54, 1.807) is 42.5 Å². The van der Waals surface area contributed by atoms with Crippen LogP contribution >= 0.6 is 58.2 Å². The summed E-state index contributed by atoms with van der Waals surface area (Å²) in [5.41, 5.74) is 4.08. The van der Waals surface area contributed by atoms with Crippen LogP contribution in [0.3, 0.4) is 0 Å². The molecule has 87 heavy (non-hydrogen) atoms. The van der Waals surface area contributed by atoms with E-state index in [0.29, 0.717) is 81.9 Å². The number of rotatable bonds is 22. The molecule has 0 spiro atoms. The fourth-order valence-corrected chi connectivity index (χ4v) is 16.6. The molecule has 0 saturated carbocycles. The Balaban J connectivity index is 0.000000208. The molecule has 0 radical (unpaired) electrons. The number of phenolic OH excluding ortho intramolecular Hbond substituents is 2. The van der Waals surface area contributed by atoms with Crippen molar-refractivity contribution >= 4 is 91.4 Å². The van der Waals surface area contributed by atoms with Crippen LogP contribution in [-0.2, 0) is 54.7 Å². The van der Waals surface area contributed by atoms with Gasteiger partial charge in [0.2, 0.25) is 5.91 Å². The number of amides is 2. The normalized spacial score (nSPS) is 23.0. The predicted molar refractivity (Wildman–Crippen MR) is 346 cm³/mol. The lowest BCUT2D eigenvalue weighted by atomic mass is 10.0. The molecule has 0 bridgehead atoms. The molecular formula is C68H76Cl4N4O9S2. The van der Waals surface area contributed by atoms with Gasteiger partial charge in [-0.2, -0.15) is 0 Å². The monoisotopic (exact) mass is 1300 g/mol. The van der Waals surface area contributed by atoms with Gasteiger partial charge in [0, 0.05) is 74.3 Å². The van der Waals surface area contributed by atoms with Gasteiger partial charge in [-0.1, -0.05) is 157 Å². The number of Topliss-reactive ketones (excluding diaryl/α,β-unsaturated/α-hetero) is 2. The molecule has 4 fully saturated rings. The zero-order chi connectivity index (χ0) is 62.0. The van der Waals surface area contributed by atoms with E-state index in [1.807, 2.05) is 66.4 Å². The maximum absolute atomic E-state index is 14.6. The summed E-state index contributed by atoms with van der Waals surface area (Å²) < 4.78 is 26.7. The van der Waals surface area contributed by atoms with Crippen molar-refractivity contribution in [2.45, 2.75) is 137 Å². The molecule has 3 unspecified atom stereocenters. The van der Waals surface area contributed by atoms with Crippen molar-refractivity contribution in [3.8, 4) is 11.5 Å². The van der Waals surface area contributed by atoms with E-state index in [4.69, 9.17) is 46.4 Å². The van der Waals surface area contributed by atoms with Crippen LogP contribution < -0.4 is 0 Å². The first-order chi connectivity index (χ1) is 41.7. The molecule has 9 atom stereocenters. The Kier molecular flexibility index (Phi) is 22.7. The Morgan fingerprint density at radius 1 is 0.621 bits per heavy atom. The molecule has 4 aliphatic rings. The zero-order valence-electron chi connectivity index (χ0n) is 49.1. The molecule has 0 aromatic heterocycles. The van der Waals surface area contributed by atoms with Crippen LogP contribution in [0.15, 0.2) is 155 Å². The van der Waals surface area contributed by atoms with Gasteiger partial charge in [0.15, 0.2) is 27.4 Å². The molecule has 13 nitrogen and oxygen atoms in total. The highest BCUT2D eigenvalue weighted by Gasteiger charge is 2.53. The van der Waals surface area contributed by atoms with Gasteiger partial charge in [-0.3, -0.25) is 24.1 Å². The number of benzene rings is 6. The molecule has 10 rings (SSSR count). The van der Waals surface area contributed by atoms with Gasteiger partial charge in [0.05, 0.1) is 50.5 Å². The summed E-state index contributed by atoms with van der Waals surface area (Å²) in [6.45, 7) is 6.02. The highest BCUT2D eigenvalue weighted by atomic mass is 35.5. The second-order valence-corrected chi connectivity index (χ2v) is 28.6. The minimum Gasteiger partial charge on any atom is -0.632 e. The Bertz CT molecular complexity index is 3500. The highest BCUT2D eigenvalue weighted by Crippen LogP contribution is 2.41. The van der Waals surface area contributed by atoms with Crippen LogP contribution in [0, 0.1) is 17.0 Å². The van der Waals surface area contributed by atoms with Crippen molar-refractivity contribution in [1.29, 1.82) is 0 Å². The molecule has 4 saturated heterocycles. The summed E-state index contributed by atoms with van der Waals surface area (Å²) in [6.07, 6.45) is 6.57. The Hall–Kier alpha value is -5.46. The van der Waals surface area contributed by atoms with Crippen LogP contribution in [0.5, 0.6) is 11.5 Å². The summed E-state index contributed by atoms with van der Waals surface area (Å²) >= 11 is 26.0. The number of aromatic hydroxyl groups is 2. The number of aryl methyl sites for hydroxylation is 4. The molecule has 19 heteroatoms. The number of quaternary nitrogens is 1. The molecule has 2 amide bonds. The molecule has 4 heterocycles. The first-order valence-electron chi connectivity index (χ1n) is 30.1. The number of carbonyl (C=O) groups is 4. The summed E-state index contributed by atoms with van der Waals surface area (Å²) in [4.78, 5) is 62.4. The quantitative estimate of drug-likeness (QED) is 0.0376. The van der Waals surface area contributed by atoms with Crippen molar-refractivity contribution in [1.82, 2.24) is 14.7 Å². The topological polar surface area (TPSA) is 176 Å². The van der Waals surface area contributed by atoms with E-state index in [1.165, 1.54) is 46.5 Å². The lowest BCUT2D eigenvalue weighted by molar-refractivity contribution is -0.909. The van der Waals surface area contributed by atoms with Gasteiger partial charge < -0.3 is 29.9 Å². The number of ketones is 2. The fourth-order valence-electron chi connectivity index (χ4n) is 13.2. The van der Waals surface area contributed by atoms with Crippen LogP contribution in [-0.4, -0.2) is 135 Å². The summed E-state index contributed by atoms with van der Waals surface area (Å²) in [5.74, 6) is -0.951. The molecule has 6 aromatic rings. The van der Waals surface area contributed by atoms with Crippen LogP contribution in [0.25, 0.3) is 0 Å². The largest absolute Gasteiger partial charge is 0.632 e. The summed E-state index contributed by atoms with van der Waals surface area (Å²) in [5, 5.41) is 37.0. The molecule has 2 N–H and O–H groups in total. The van der Waals surface area contributed by atoms with E-state index in [0.717, 1.165) is 48.9 Å². The van der Waals surface area contributed by atoms with Gasteiger partial charge >= 0.3 is 0 Å². The highest BCUT2D eigenvalue weighted by molar-refractivity contribution is 7.99. The zero-order valence-corrected chi connectivity index (χ0v) is 53.7. The molecular weight excluding hydrogens is 1220 g/mol. The van der Waals surface area contributed by atoms with Crippen LogP contribution in [0.2, 0.25) is 20.1 Å². The number of phenols is 2. The summed E-state index contributed by atoms with van der Waals surface area (Å²) in [7, 11) is -4.21. The minimum absolute atomic E-state index is 0.00410. The number of nitrogens with zero attached hydrogens (tertiary/aromatic N) is 4. The van der Waals surface area contributed by atoms with Crippen molar-refractivity contribution < 1.29 is 42.5 Å². The van der Waals surface area contributed by atoms with E-state index in [2.05, 4.69) is 36.1 Å². The predicted octanol–water partition coefficient (Wildman–Crippen LogP) is 13.3. The lowest BCUT2D eigenvalue weighted by Gasteiger charge is -2.48. The Labute approximate surface area is 536 Å². The number of para-hydroxylation sites is 2. The van der Waals surface area contributed by atoms with E-state index >= 15 is 0 Å². The number of hydroxylamine groups is 3. The average Bonchev–Trinajstić information content (AvgIpc) is 1.70. The molecule has 6 aromatic carbocycles. The minimum atomic E-state index is -4.21. The van der Waals surface area contributed by atoms with Gasteiger partial charge in [-0.25, -0.2) is 8.42 Å². The number of carbonyl (C=O) groups excluding carboxylic acids is 4. The first-order valence-corrected chi connectivity index (χ1v) is 34.2. The van der Waals surface area contributed by atoms with E-state index < -0.39 is 55.8 Å². The van der Waals surface area contributed by atoms with Gasteiger partial charge in [0.1, 0.15) is 22.4 Å². The average molecular weight is 1300 g/mol. The number of hydrogen-bond donors (Lipinski definition) is 2. The SMILES string of the molecule is C[C@@H]1C[C@H]2C(=O)N([C@H](CS(=O)(=O)c3ccccc3O)C(=O)CCc3ccc(Cl)c(Cl)c3)CCC(CCc3ccccc3)[N+]2([O-])C1.C[C@@H]1C[C@H]2C(=O)N([C@H](CSc3ccccc3O)C(=O)CCc3ccc(Cl)c(Cl)c3)CCC(CCc3ccccc3)N2C1. The second-order valence-electron chi connectivity index (χ2n) is 23.9. The first kappa shape index (κ1) is 66.0. The van der Waals surface area contributed by atoms with Crippen molar-refractivity contribution in [3.63, 3.8) is 0 Å². The van der Waals surface area contributed by atoms with Gasteiger partial charge in [-0.05, 0) is 122 Å². The van der Waals surface area contributed by atoms with Gasteiger partial charge in [0.25, 0.3) is 5.91 Å².